The molecule has 0 bridgehead atoms. The molecule has 4 rings (SSSR count). The lowest BCUT2D eigenvalue weighted by Crippen LogP contribution is -2.22. The molecule has 2 aliphatic carbocycles. The molecule has 0 saturated heterocycles. The van der Waals surface area contributed by atoms with Gasteiger partial charge in [-0.2, -0.15) is 13.2 Å². The van der Waals surface area contributed by atoms with E-state index in [0.29, 0.717) is 12.0 Å². The summed E-state index contributed by atoms with van der Waals surface area (Å²) in [4.78, 5) is 22.3. The van der Waals surface area contributed by atoms with Crippen LogP contribution >= 0.6 is 0 Å². The Morgan fingerprint density at radius 1 is 0.767 bits per heavy atom. The number of allylic oxidation sites excluding steroid dienone is 10. The van der Waals surface area contributed by atoms with Gasteiger partial charge in [0, 0.05) is 32.1 Å². The summed E-state index contributed by atoms with van der Waals surface area (Å²) in [5, 5.41) is 0. The monoisotopic (exact) mass is 595 g/mol. The summed E-state index contributed by atoms with van der Waals surface area (Å²) in [5.41, 5.74) is 5.73. The van der Waals surface area contributed by atoms with Crippen LogP contribution in [0.25, 0.3) is 11.1 Å². The Labute approximate surface area is 257 Å². The normalized spacial score (nSPS) is 13.5. The molecule has 2 aromatic rings. The number of hydrogen-bond acceptors (Lipinski definition) is 3. The maximum atomic E-state index is 12.6. The number of pyridine rings is 2. The molecule has 43 heavy (non-hydrogen) atoms. The Morgan fingerprint density at radius 2 is 1.28 bits per heavy atom. The number of carbonyl (C=O) groups is 1. The lowest BCUT2D eigenvalue weighted by molar-refractivity contribution is -0.124. The van der Waals surface area contributed by atoms with Crippen molar-refractivity contribution in [1.82, 2.24) is 14.9 Å². The molecule has 0 unspecified atom stereocenters. The molecular weight excluding hydrogens is 547 g/mol. The minimum Gasteiger partial charge on any atom is -0.345 e. The highest BCUT2D eigenvalue weighted by atomic mass is 19.4. The van der Waals surface area contributed by atoms with Crippen molar-refractivity contribution in [2.75, 3.05) is 14.1 Å². The average molecular weight is 596 g/mol. The molecule has 1 amide bonds. The molecule has 4 nitrogen and oxygen atoms in total. The molecule has 0 radical (unpaired) electrons. The number of rotatable bonds is 3. The molecule has 7 heteroatoms. The minimum absolute atomic E-state index is 0.0117. The highest BCUT2D eigenvalue weighted by Crippen LogP contribution is 2.31. The van der Waals surface area contributed by atoms with Crippen LogP contribution in [0.15, 0.2) is 96.4 Å². The molecule has 234 valence electrons. The minimum atomic E-state index is -4.30. The van der Waals surface area contributed by atoms with Crippen molar-refractivity contribution in [2.45, 2.75) is 74.4 Å². The van der Waals surface area contributed by atoms with E-state index in [2.05, 4.69) is 16.0 Å². The van der Waals surface area contributed by atoms with E-state index >= 15 is 0 Å². The second-order valence-corrected chi connectivity index (χ2v) is 8.88. The zero-order chi connectivity index (χ0) is 33.0. The van der Waals surface area contributed by atoms with Gasteiger partial charge in [-0.05, 0) is 79.3 Å². The van der Waals surface area contributed by atoms with Crippen molar-refractivity contribution in [3.63, 3.8) is 0 Å². The fraction of sp³-hybridized carbons (Fsp3) is 0.361. The van der Waals surface area contributed by atoms with E-state index in [1.165, 1.54) is 12.2 Å². The third-order valence-electron chi connectivity index (χ3n) is 5.79. The van der Waals surface area contributed by atoms with Gasteiger partial charge >= 0.3 is 6.18 Å². The van der Waals surface area contributed by atoms with Gasteiger partial charge in [0.25, 0.3) is 5.91 Å². The largest absolute Gasteiger partial charge is 0.416 e. The van der Waals surface area contributed by atoms with Gasteiger partial charge in [-0.25, -0.2) is 0 Å². The number of hydrogen-bond donors (Lipinski definition) is 0. The number of alkyl halides is 3. The predicted octanol–water partition coefficient (Wildman–Crippen LogP) is 10.0. The van der Waals surface area contributed by atoms with E-state index in [9.17, 15) is 18.0 Å². The fourth-order valence-corrected chi connectivity index (χ4v) is 3.85. The number of aromatic nitrogens is 2. The molecule has 0 atom stereocenters. The standard InChI is InChI=1S/C16H18N2O.C14H12F3N.3C2H6/c1-12-7-6-10-17-15(12)13-8-4-5-9-14(11-13)16(19)18(2)3;1-10-4-3-9-18-13(10)11-5-2-6-12(8-7-11)14(15,16)17;3*1-2/h4-7,9-11H,8H2,1-3H3;2-4,6-9H,5H2,1H3;3*1-2H3. The van der Waals surface area contributed by atoms with Crippen LogP contribution in [-0.4, -0.2) is 41.0 Å². The van der Waals surface area contributed by atoms with Crippen LogP contribution in [0, 0.1) is 13.8 Å². The maximum absolute atomic E-state index is 12.6. The van der Waals surface area contributed by atoms with Gasteiger partial charge in [-0.15, -0.1) is 0 Å². The van der Waals surface area contributed by atoms with Gasteiger partial charge in [-0.3, -0.25) is 14.8 Å². The molecule has 2 heterocycles. The van der Waals surface area contributed by atoms with Crippen LogP contribution in [0.3, 0.4) is 0 Å². The van der Waals surface area contributed by atoms with Gasteiger partial charge in [0.2, 0.25) is 0 Å². The second kappa shape index (κ2) is 20.8. The van der Waals surface area contributed by atoms with Gasteiger partial charge in [0.05, 0.1) is 17.0 Å². The van der Waals surface area contributed by atoms with E-state index in [-0.39, 0.29) is 5.91 Å². The molecule has 0 aromatic carbocycles. The lowest BCUT2D eigenvalue weighted by atomic mass is 10.0. The molecule has 0 spiro atoms. The van der Waals surface area contributed by atoms with E-state index in [1.807, 2.05) is 97.9 Å². The second-order valence-electron chi connectivity index (χ2n) is 8.88. The van der Waals surface area contributed by atoms with Crippen LogP contribution in [0.5, 0.6) is 0 Å². The summed E-state index contributed by atoms with van der Waals surface area (Å²) < 4.78 is 37.7. The average Bonchev–Trinajstić information content (AvgIpc) is 3.42. The van der Waals surface area contributed by atoms with Gasteiger partial charge in [-0.1, -0.05) is 84.1 Å². The van der Waals surface area contributed by atoms with Crippen molar-refractivity contribution in [2.24, 2.45) is 0 Å². The summed E-state index contributed by atoms with van der Waals surface area (Å²) in [6.07, 6.45) is 13.4. The van der Waals surface area contributed by atoms with Crippen molar-refractivity contribution in [3.8, 4) is 0 Å². The van der Waals surface area contributed by atoms with E-state index in [1.54, 1.807) is 31.4 Å². The first-order valence-corrected chi connectivity index (χ1v) is 14.9. The van der Waals surface area contributed by atoms with Crippen molar-refractivity contribution < 1.29 is 18.0 Å². The molecule has 2 aromatic heterocycles. The number of nitrogens with zero attached hydrogens (tertiary/aromatic N) is 3. The van der Waals surface area contributed by atoms with E-state index < -0.39 is 11.7 Å². The third-order valence-corrected chi connectivity index (χ3v) is 5.79. The van der Waals surface area contributed by atoms with Gasteiger partial charge in [0.15, 0.2) is 0 Å². The van der Waals surface area contributed by atoms with E-state index in [0.717, 1.165) is 52.2 Å². The molecule has 0 saturated carbocycles. The van der Waals surface area contributed by atoms with Gasteiger partial charge in [0.1, 0.15) is 0 Å². The number of carbonyl (C=O) groups excluding carboxylic acids is 1. The van der Waals surface area contributed by atoms with Crippen LogP contribution in [0.1, 0.15) is 76.9 Å². The van der Waals surface area contributed by atoms with Crippen LogP contribution in [0.2, 0.25) is 0 Å². The molecular formula is C36H48F3N3O. The molecule has 0 fully saturated rings. The number of likely N-dealkylation sites (N-methyl/N-ethyl adjacent to an activating group) is 1. The summed E-state index contributed by atoms with van der Waals surface area (Å²) in [5.74, 6) is 0.0117. The quantitative estimate of drug-likeness (QED) is 0.355. The molecule has 0 N–H and O–H groups in total. The first kappa shape index (κ1) is 39.0. The Bertz CT molecular complexity index is 1330. The summed E-state index contributed by atoms with van der Waals surface area (Å²) >= 11 is 0. The van der Waals surface area contributed by atoms with E-state index in [4.69, 9.17) is 0 Å². The molecule has 2 aliphatic rings. The molecule has 0 aliphatic heterocycles. The topological polar surface area (TPSA) is 46.1 Å². The summed E-state index contributed by atoms with van der Waals surface area (Å²) in [6.45, 7) is 15.9. The third kappa shape index (κ3) is 12.8. The zero-order valence-corrected chi connectivity index (χ0v) is 27.4. The van der Waals surface area contributed by atoms with Crippen molar-refractivity contribution in [1.29, 1.82) is 0 Å². The summed E-state index contributed by atoms with van der Waals surface area (Å²) in [6, 6.07) is 7.66. The smallest absolute Gasteiger partial charge is 0.345 e. The Hall–Kier alpha value is -4.00. The Balaban J connectivity index is 0.000000700. The lowest BCUT2D eigenvalue weighted by Gasteiger charge is -2.12. The summed E-state index contributed by atoms with van der Waals surface area (Å²) in [7, 11) is 3.52. The van der Waals surface area contributed by atoms with Crippen LogP contribution in [-0.2, 0) is 4.79 Å². The van der Waals surface area contributed by atoms with Crippen molar-refractivity contribution >= 4 is 17.1 Å². The predicted molar refractivity (Wildman–Crippen MR) is 176 cm³/mol. The Kier molecular flexibility index (Phi) is 18.9. The van der Waals surface area contributed by atoms with Crippen LogP contribution in [0.4, 0.5) is 13.2 Å². The SMILES string of the molecule is CC.CC.CC.Cc1cccnc1C1=CC(C(=O)N(C)C)=CC=CC1.Cc1cccnc1C1=CC=C(C(F)(F)F)C=CC1. The van der Waals surface area contributed by atoms with Crippen molar-refractivity contribution in [3.05, 3.63) is 119 Å². The first-order valence-electron chi connectivity index (χ1n) is 14.9. The van der Waals surface area contributed by atoms with Crippen LogP contribution < -0.4 is 0 Å². The highest BCUT2D eigenvalue weighted by Gasteiger charge is 2.31. The zero-order valence-electron chi connectivity index (χ0n) is 27.4. The fourth-order valence-electron chi connectivity index (χ4n) is 3.85. The number of halogens is 3. The highest BCUT2D eigenvalue weighted by molar-refractivity contribution is 5.98. The Morgan fingerprint density at radius 3 is 1.77 bits per heavy atom. The maximum Gasteiger partial charge on any atom is 0.416 e. The number of aryl methyl sites for hydroxylation is 2. The van der Waals surface area contributed by atoms with Gasteiger partial charge < -0.3 is 4.90 Å². The first-order chi connectivity index (χ1) is 20.6. The number of amides is 1.